The predicted molar refractivity (Wildman–Crippen MR) is 39.1 cm³/mol. The first-order valence-corrected chi connectivity index (χ1v) is 3.06. The van der Waals surface area contributed by atoms with Gasteiger partial charge in [0.1, 0.15) is 5.52 Å². The second kappa shape index (κ2) is 3.76. The van der Waals surface area contributed by atoms with E-state index in [1.54, 1.807) is 0 Å². The van der Waals surface area contributed by atoms with Crippen LogP contribution in [0.4, 0.5) is 0 Å². The van der Waals surface area contributed by atoms with E-state index in [0.717, 1.165) is 0 Å². The van der Waals surface area contributed by atoms with Gasteiger partial charge in [-0.05, 0) is 0 Å². The van der Waals surface area contributed by atoms with Gasteiger partial charge >= 0.3 is 51.4 Å². The molecule has 0 saturated heterocycles. The topological polar surface area (TPSA) is 113 Å². The molecule has 0 bridgehead atoms. The molecule has 0 spiro atoms. The fourth-order valence-corrected chi connectivity index (χ4v) is 0.911. The number of H-pyrrole nitrogens is 3. The normalized spacial score (nSPS) is 9.85. The molecule has 2 aromatic rings. The number of imidazole rings is 1. The average Bonchev–Trinajstić information content (AvgIpc) is 2.29. The van der Waals surface area contributed by atoms with Gasteiger partial charge in [0.05, 0.1) is 0 Å². The number of nitrogens with zero attached hydrogens (tertiary/aromatic N) is 1. The Bertz CT molecular complexity index is 588. The molecule has 8 heteroatoms. The molecule has 2 heterocycles. The Kier molecular flexibility index (Phi) is 3.08. The van der Waals surface area contributed by atoms with Gasteiger partial charge in [0.2, 0.25) is 11.2 Å². The van der Waals surface area contributed by atoms with Crippen LogP contribution in [0, 0.1) is 0 Å². The molecule has 3 N–H and O–H groups in total. The largest absolute Gasteiger partial charge is 1.00 e. The molecule has 0 fully saturated rings. The van der Waals surface area contributed by atoms with E-state index in [9.17, 15) is 14.4 Å². The van der Waals surface area contributed by atoms with Crippen molar-refractivity contribution in [3.05, 3.63) is 31.3 Å². The molecule has 0 atom stereocenters. The SMILES string of the molecule is O=c1[n-]c2[nH]c(=O)[nH]c2c(=O)[nH]1.[K+]. The van der Waals surface area contributed by atoms with Gasteiger partial charge in [0.15, 0.2) is 0 Å². The Labute approximate surface area is 112 Å². The maximum absolute atomic E-state index is 10.9. The zero-order valence-corrected chi connectivity index (χ0v) is 9.80. The molecule has 0 aliphatic carbocycles. The Hall–Kier alpha value is -0.414. The van der Waals surface area contributed by atoms with Crippen LogP contribution in [0.5, 0.6) is 0 Å². The Morgan fingerprint density at radius 2 is 1.69 bits per heavy atom. The first-order chi connectivity index (χ1) is 5.66. The summed E-state index contributed by atoms with van der Waals surface area (Å²) in [5.74, 6) is 0. The van der Waals surface area contributed by atoms with Crippen molar-refractivity contribution in [3.63, 3.8) is 0 Å². The van der Waals surface area contributed by atoms with Gasteiger partial charge in [-0.15, -0.1) is 0 Å². The molecule has 0 amide bonds. The van der Waals surface area contributed by atoms with Crippen molar-refractivity contribution in [1.29, 1.82) is 0 Å². The van der Waals surface area contributed by atoms with Crippen LogP contribution in [0.15, 0.2) is 14.4 Å². The Morgan fingerprint density at radius 1 is 1.00 bits per heavy atom. The van der Waals surface area contributed by atoms with Gasteiger partial charge in [-0.1, -0.05) is 0 Å². The third kappa shape index (κ3) is 1.91. The molecule has 0 aliphatic heterocycles. The Balaban J connectivity index is 0.000000845. The summed E-state index contributed by atoms with van der Waals surface area (Å²) in [6.45, 7) is 0. The maximum atomic E-state index is 10.9. The second-order valence-electron chi connectivity index (χ2n) is 2.17. The minimum Gasteiger partial charge on any atom is -0.365 e. The molecule has 7 nitrogen and oxygen atoms in total. The second-order valence-corrected chi connectivity index (χ2v) is 2.17. The quantitative estimate of drug-likeness (QED) is 0.374. The summed E-state index contributed by atoms with van der Waals surface area (Å²) in [5, 5.41) is 0. The number of hydrogen-bond donors (Lipinski definition) is 3. The molecule has 62 valence electrons. The van der Waals surface area contributed by atoms with Crippen LogP contribution < -0.4 is 73.3 Å². The molecule has 2 aromatic heterocycles. The first kappa shape index (κ1) is 10.7. The van der Waals surface area contributed by atoms with Gasteiger partial charge in [-0.2, -0.15) is 0 Å². The van der Waals surface area contributed by atoms with Gasteiger partial charge in [0.25, 0.3) is 5.69 Å². The smallest absolute Gasteiger partial charge is 0.365 e. The van der Waals surface area contributed by atoms with E-state index in [4.69, 9.17) is 0 Å². The average molecular weight is 206 g/mol. The van der Waals surface area contributed by atoms with Crippen molar-refractivity contribution in [2.24, 2.45) is 0 Å². The summed E-state index contributed by atoms with van der Waals surface area (Å²) in [5.41, 5.74) is -2.02. The third-order valence-electron chi connectivity index (χ3n) is 1.37. The minimum absolute atomic E-state index is 0. The van der Waals surface area contributed by atoms with Crippen LogP contribution >= 0.6 is 0 Å². The zero-order chi connectivity index (χ0) is 8.72. The molecule has 13 heavy (non-hydrogen) atoms. The zero-order valence-electron chi connectivity index (χ0n) is 6.67. The van der Waals surface area contributed by atoms with Crippen LogP contribution in [0.3, 0.4) is 0 Å². The molecule has 2 rings (SSSR count). The maximum Gasteiger partial charge on any atom is 1.00 e. The number of aromatic amines is 3. The fraction of sp³-hybridized carbons (Fsp3) is 0. The molecule has 0 saturated carbocycles. The van der Waals surface area contributed by atoms with Crippen molar-refractivity contribution in [2.45, 2.75) is 0 Å². The molecule has 0 unspecified atom stereocenters. The van der Waals surface area contributed by atoms with E-state index in [2.05, 4.69) is 15.0 Å². The molecule has 0 aliphatic rings. The van der Waals surface area contributed by atoms with Crippen molar-refractivity contribution < 1.29 is 51.4 Å². The van der Waals surface area contributed by atoms with Crippen LogP contribution in [0.2, 0.25) is 0 Å². The summed E-state index contributed by atoms with van der Waals surface area (Å²) in [4.78, 5) is 41.9. The third-order valence-corrected chi connectivity index (χ3v) is 1.37. The van der Waals surface area contributed by atoms with Crippen molar-refractivity contribution in [1.82, 2.24) is 19.9 Å². The van der Waals surface area contributed by atoms with E-state index in [0.29, 0.717) is 0 Å². The van der Waals surface area contributed by atoms with E-state index < -0.39 is 16.9 Å². The van der Waals surface area contributed by atoms with Crippen LogP contribution in [0.1, 0.15) is 0 Å². The van der Waals surface area contributed by atoms with Crippen LogP contribution in [-0.4, -0.2) is 15.0 Å². The monoisotopic (exact) mass is 206 g/mol. The van der Waals surface area contributed by atoms with Gasteiger partial charge in [-0.3, -0.25) is 14.4 Å². The molecular formula is C5H3KN4O3. The van der Waals surface area contributed by atoms with Crippen molar-refractivity contribution >= 4 is 11.2 Å². The van der Waals surface area contributed by atoms with Gasteiger partial charge in [0, 0.05) is 5.65 Å². The van der Waals surface area contributed by atoms with E-state index in [-0.39, 0.29) is 62.5 Å². The van der Waals surface area contributed by atoms with E-state index in [1.165, 1.54) is 0 Å². The number of aromatic nitrogens is 4. The van der Waals surface area contributed by atoms with Crippen LogP contribution in [0.25, 0.3) is 11.2 Å². The fourth-order valence-electron chi connectivity index (χ4n) is 0.911. The molecule has 0 radical (unpaired) electrons. The van der Waals surface area contributed by atoms with E-state index in [1.807, 2.05) is 4.98 Å². The minimum atomic E-state index is -0.775. The number of rotatable bonds is 0. The van der Waals surface area contributed by atoms with Crippen LogP contribution in [-0.2, 0) is 0 Å². The number of nitrogens with one attached hydrogen (secondary N) is 3. The molecular weight excluding hydrogens is 203 g/mol. The number of fused-ring (bicyclic) bond motifs is 1. The molecule has 0 aromatic carbocycles. The van der Waals surface area contributed by atoms with Gasteiger partial charge in [-0.25, -0.2) is 0 Å². The summed E-state index contributed by atoms with van der Waals surface area (Å²) in [6.07, 6.45) is 0. The predicted octanol–water partition coefficient (Wildman–Crippen LogP) is -5.13. The number of hydrogen-bond acceptors (Lipinski definition) is 3. The summed E-state index contributed by atoms with van der Waals surface area (Å²) >= 11 is 0. The standard InChI is InChI=1S/C5H4N4O3.K/c10-3-1-2(7-4(11)6-1)8-5(12)9-3;/h(H4,6,7,8,9,10,11,12);/q;+1/p-1. The summed E-state index contributed by atoms with van der Waals surface area (Å²) in [6, 6.07) is 0. The first-order valence-electron chi connectivity index (χ1n) is 3.06. The van der Waals surface area contributed by atoms with Crippen molar-refractivity contribution in [2.75, 3.05) is 0 Å². The van der Waals surface area contributed by atoms with Crippen molar-refractivity contribution in [3.8, 4) is 0 Å². The summed E-state index contributed by atoms with van der Waals surface area (Å²) in [7, 11) is 0. The van der Waals surface area contributed by atoms with Gasteiger partial charge < -0.3 is 19.9 Å². The Morgan fingerprint density at radius 3 is 2.38 bits per heavy atom. The summed E-state index contributed by atoms with van der Waals surface area (Å²) < 4.78 is 0. The van der Waals surface area contributed by atoms with E-state index >= 15 is 0 Å².